The van der Waals surface area contributed by atoms with Crippen LogP contribution >= 0.6 is 0 Å². The van der Waals surface area contributed by atoms with Gasteiger partial charge in [0.2, 0.25) is 0 Å². The number of alkyl halides is 3. The molecule has 2 aliphatic heterocycles. The predicted octanol–water partition coefficient (Wildman–Crippen LogP) is 5.40. The second-order valence-corrected chi connectivity index (χ2v) is 7.69. The van der Waals surface area contributed by atoms with Crippen LogP contribution in [0.25, 0.3) is 0 Å². The van der Waals surface area contributed by atoms with Gasteiger partial charge in [-0.3, -0.25) is 0 Å². The Morgan fingerprint density at radius 3 is 2.56 bits per heavy atom. The number of benzene rings is 2. The molecule has 2 aromatic carbocycles. The third-order valence-electron chi connectivity index (χ3n) is 6.24. The molecular formula is C22H20F3NO. The molecule has 1 aliphatic carbocycles. The number of allylic oxidation sites excluding steroid dienone is 1. The van der Waals surface area contributed by atoms with Crippen LogP contribution in [-0.4, -0.2) is 13.2 Å². The van der Waals surface area contributed by atoms with Crippen LogP contribution in [0.3, 0.4) is 0 Å². The number of nitrogens with one attached hydrogen (secondary N) is 1. The van der Waals surface area contributed by atoms with Gasteiger partial charge in [-0.05, 0) is 35.1 Å². The number of hydrogen-bond acceptors (Lipinski definition) is 2. The summed E-state index contributed by atoms with van der Waals surface area (Å²) in [6.45, 7) is 1.43. The van der Waals surface area contributed by atoms with E-state index in [-0.39, 0.29) is 17.9 Å². The van der Waals surface area contributed by atoms with Crippen LogP contribution < -0.4 is 5.32 Å². The third-order valence-corrected chi connectivity index (χ3v) is 6.24. The van der Waals surface area contributed by atoms with Crippen molar-refractivity contribution in [2.45, 2.75) is 18.1 Å². The van der Waals surface area contributed by atoms with E-state index in [9.17, 15) is 13.2 Å². The van der Waals surface area contributed by atoms with Crippen molar-refractivity contribution in [1.29, 1.82) is 0 Å². The number of halogens is 3. The molecule has 0 radical (unpaired) electrons. The van der Waals surface area contributed by atoms with E-state index < -0.39 is 11.7 Å². The lowest BCUT2D eigenvalue weighted by Gasteiger charge is -2.46. The van der Waals surface area contributed by atoms with Crippen LogP contribution in [0.5, 0.6) is 0 Å². The van der Waals surface area contributed by atoms with E-state index in [0.29, 0.717) is 24.1 Å². The zero-order valence-electron chi connectivity index (χ0n) is 14.6. The summed E-state index contributed by atoms with van der Waals surface area (Å²) in [4.78, 5) is 0. The molecule has 3 aliphatic rings. The first kappa shape index (κ1) is 16.9. The summed E-state index contributed by atoms with van der Waals surface area (Å²) in [6, 6.07) is 14.1. The quantitative estimate of drug-likeness (QED) is 0.678. The Morgan fingerprint density at radius 1 is 0.963 bits per heavy atom. The Hall–Kier alpha value is -2.27. The second kappa shape index (κ2) is 6.13. The fraction of sp³-hybridized carbons (Fsp3) is 0.364. The zero-order valence-corrected chi connectivity index (χ0v) is 14.6. The van der Waals surface area contributed by atoms with Gasteiger partial charge in [0.1, 0.15) is 0 Å². The maximum Gasteiger partial charge on any atom is 0.416 e. The van der Waals surface area contributed by atoms with Crippen molar-refractivity contribution in [3.05, 3.63) is 77.4 Å². The van der Waals surface area contributed by atoms with E-state index >= 15 is 0 Å². The Labute approximate surface area is 156 Å². The van der Waals surface area contributed by atoms with Gasteiger partial charge >= 0.3 is 6.18 Å². The number of anilines is 1. The largest absolute Gasteiger partial charge is 0.416 e. The molecule has 5 atom stereocenters. The zero-order chi connectivity index (χ0) is 18.6. The van der Waals surface area contributed by atoms with E-state index in [1.54, 1.807) is 6.07 Å². The lowest BCUT2D eigenvalue weighted by molar-refractivity contribution is -0.137. The Morgan fingerprint density at radius 2 is 1.78 bits per heavy atom. The van der Waals surface area contributed by atoms with Crippen LogP contribution in [0.1, 0.15) is 28.7 Å². The minimum atomic E-state index is -4.34. The molecule has 0 spiro atoms. The van der Waals surface area contributed by atoms with Gasteiger partial charge in [0.25, 0.3) is 0 Å². The summed E-state index contributed by atoms with van der Waals surface area (Å²) < 4.78 is 45.4. The van der Waals surface area contributed by atoms with Crippen molar-refractivity contribution in [3.63, 3.8) is 0 Å². The molecule has 27 heavy (non-hydrogen) atoms. The molecule has 2 aromatic rings. The van der Waals surface area contributed by atoms with Gasteiger partial charge in [-0.2, -0.15) is 13.2 Å². The van der Waals surface area contributed by atoms with Gasteiger partial charge in [0, 0.05) is 17.5 Å². The maximum atomic E-state index is 13.2. The summed E-state index contributed by atoms with van der Waals surface area (Å²) in [5.74, 6) is 1.11. The molecule has 1 fully saturated rings. The topological polar surface area (TPSA) is 21.3 Å². The molecule has 140 valence electrons. The van der Waals surface area contributed by atoms with Crippen LogP contribution in [0.15, 0.2) is 60.7 Å². The highest BCUT2D eigenvalue weighted by Gasteiger charge is 2.47. The summed E-state index contributed by atoms with van der Waals surface area (Å²) in [6.07, 6.45) is 0.0413. The van der Waals surface area contributed by atoms with Gasteiger partial charge in [-0.15, -0.1) is 0 Å². The van der Waals surface area contributed by atoms with Crippen molar-refractivity contribution < 1.29 is 17.9 Å². The second-order valence-electron chi connectivity index (χ2n) is 7.69. The molecule has 0 amide bonds. The average Bonchev–Trinajstić information content (AvgIpc) is 3.15. The van der Waals surface area contributed by atoms with Crippen LogP contribution in [0, 0.1) is 17.8 Å². The molecule has 2 nitrogen and oxygen atoms in total. The van der Waals surface area contributed by atoms with Gasteiger partial charge in [0.15, 0.2) is 0 Å². The first-order valence-electron chi connectivity index (χ1n) is 9.31. The van der Waals surface area contributed by atoms with E-state index in [0.717, 1.165) is 17.7 Å². The average molecular weight is 371 g/mol. The van der Waals surface area contributed by atoms with Crippen LogP contribution in [0.2, 0.25) is 0 Å². The molecule has 1 saturated heterocycles. The minimum absolute atomic E-state index is 0.0358. The molecular weight excluding hydrogens is 351 g/mol. The van der Waals surface area contributed by atoms with Gasteiger partial charge in [-0.1, -0.05) is 48.6 Å². The van der Waals surface area contributed by atoms with Crippen LogP contribution in [-0.2, 0) is 10.9 Å². The molecule has 5 rings (SSSR count). The van der Waals surface area contributed by atoms with Gasteiger partial charge < -0.3 is 10.1 Å². The molecule has 0 unspecified atom stereocenters. The van der Waals surface area contributed by atoms with Crippen molar-refractivity contribution in [2.75, 3.05) is 18.5 Å². The number of fused-ring (bicyclic) bond motifs is 5. The lowest BCUT2D eigenvalue weighted by atomic mass is 9.63. The minimum Gasteiger partial charge on any atom is -0.381 e. The normalized spacial score (nSPS) is 31.6. The van der Waals surface area contributed by atoms with E-state index in [1.165, 1.54) is 12.1 Å². The highest BCUT2D eigenvalue weighted by atomic mass is 19.4. The molecule has 1 N–H and O–H groups in total. The predicted molar refractivity (Wildman–Crippen MR) is 97.4 cm³/mol. The van der Waals surface area contributed by atoms with Gasteiger partial charge in [-0.25, -0.2) is 0 Å². The Bertz CT molecular complexity index is 877. The van der Waals surface area contributed by atoms with E-state index in [4.69, 9.17) is 4.74 Å². The monoisotopic (exact) mass is 371 g/mol. The molecule has 2 heterocycles. The van der Waals surface area contributed by atoms with Crippen LogP contribution in [0.4, 0.5) is 18.9 Å². The summed E-state index contributed by atoms with van der Waals surface area (Å²) >= 11 is 0. The van der Waals surface area contributed by atoms with E-state index in [2.05, 4.69) is 29.6 Å². The molecule has 0 aromatic heterocycles. The summed E-state index contributed by atoms with van der Waals surface area (Å²) in [5.41, 5.74) is 2.03. The van der Waals surface area contributed by atoms with Crippen molar-refractivity contribution in [3.8, 4) is 0 Å². The van der Waals surface area contributed by atoms with Crippen molar-refractivity contribution in [1.82, 2.24) is 0 Å². The number of rotatable bonds is 1. The SMILES string of the molecule is FC(F)(F)c1ccc2c(c1)N[C@@H](c1ccccc1)[C@H]1[C@@H]3COC[C@@H]3C=C[C@@H]21. The maximum absolute atomic E-state index is 13.2. The first-order valence-corrected chi connectivity index (χ1v) is 9.31. The van der Waals surface area contributed by atoms with E-state index in [1.807, 2.05) is 18.2 Å². The fourth-order valence-electron chi connectivity index (χ4n) is 4.98. The highest BCUT2D eigenvalue weighted by molar-refractivity contribution is 5.61. The lowest BCUT2D eigenvalue weighted by Crippen LogP contribution is -2.40. The fourth-order valence-corrected chi connectivity index (χ4v) is 4.98. The molecule has 5 heteroatoms. The summed E-state index contributed by atoms with van der Waals surface area (Å²) in [7, 11) is 0. The first-order chi connectivity index (χ1) is 13.0. The highest BCUT2D eigenvalue weighted by Crippen LogP contribution is 2.54. The Kier molecular flexibility index (Phi) is 3.83. The van der Waals surface area contributed by atoms with Crippen molar-refractivity contribution >= 4 is 5.69 Å². The summed E-state index contributed by atoms with van der Waals surface area (Å²) in [5, 5.41) is 3.45. The van der Waals surface area contributed by atoms with Gasteiger partial charge in [0.05, 0.1) is 24.8 Å². The molecule has 0 bridgehead atoms. The third kappa shape index (κ3) is 2.76. The smallest absolute Gasteiger partial charge is 0.381 e. The Balaban J connectivity index is 1.64. The standard InChI is InChI=1S/C22H20F3NO/c23-22(24,25)15-7-9-16-17-8-6-14-11-27-12-18(14)20(17)21(26-19(16)10-15)13-4-2-1-3-5-13/h1-10,14,17-18,20-21,26H,11-12H2/t14-,17-,18+,20+,21-/m0/s1. The number of hydrogen-bond donors (Lipinski definition) is 1. The molecule has 0 saturated carbocycles. The number of ether oxygens (including phenoxy) is 1. The van der Waals surface area contributed by atoms with Crippen molar-refractivity contribution in [2.24, 2.45) is 17.8 Å².